The lowest BCUT2D eigenvalue weighted by Gasteiger charge is -2.03. The molecule has 0 fully saturated rings. The van der Waals surface area contributed by atoms with Crippen molar-refractivity contribution >= 4 is 21.6 Å². The highest BCUT2D eigenvalue weighted by molar-refractivity contribution is 7.18. The number of hydrogen-bond donors (Lipinski definition) is 0. The zero-order valence-electron chi connectivity index (χ0n) is 12.9. The van der Waals surface area contributed by atoms with Crippen LogP contribution in [0, 0.1) is 0 Å². The summed E-state index contributed by atoms with van der Waals surface area (Å²) in [6.07, 6.45) is 5.55. The van der Waals surface area contributed by atoms with Gasteiger partial charge in [0.2, 0.25) is 5.89 Å². The average molecular weight is 327 g/mol. The molecule has 5 heteroatoms. The Bertz CT molecular complexity index is 926. The first-order valence-corrected chi connectivity index (χ1v) is 8.68. The van der Waals surface area contributed by atoms with Crippen LogP contribution in [0.5, 0.6) is 5.75 Å². The van der Waals surface area contributed by atoms with Gasteiger partial charge in [-0.25, -0.2) is 9.78 Å². The molecular weight excluding hydrogens is 310 g/mol. The maximum absolute atomic E-state index is 12.5. The number of hydrogen-bond acceptors (Lipinski definition) is 5. The van der Waals surface area contributed by atoms with Gasteiger partial charge < -0.3 is 9.15 Å². The molecule has 4 nitrogen and oxygen atoms in total. The van der Waals surface area contributed by atoms with Crippen LogP contribution >= 0.6 is 11.3 Å². The first-order chi connectivity index (χ1) is 11.3. The molecule has 2 aromatic heterocycles. The van der Waals surface area contributed by atoms with Crippen LogP contribution in [0.2, 0.25) is 0 Å². The van der Waals surface area contributed by atoms with Gasteiger partial charge in [0.05, 0.1) is 7.11 Å². The number of aryl methyl sites for hydroxylation is 2. The van der Waals surface area contributed by atoms with Gasteiger partial charge in [0, 0.05) is 10.4 Å². The van der Waals surface area contributed by atoms with Gasteiger partial charge in [-0.3, -0.25) is 0 Å². The van der Waals surface area contributed by atoms with Crippen LogP contribution in [0.4, 0.5) is 0 Å². The summed E-state index contributed by atoms with van der Waals surface area (Å²) in [4.78, 5) is 19.3. The number of nitrogens with zero attached hydrogens (tertiary/aromatic N) is 1. The Morgan fingerprint density at radius 1 is 1.22 bits per heavy atom. The topological polar surface area (TPSA) is 52.3 Å². The fourth-order valence-corrected chi connectivity index (χ4v) is 4.40. The number of benzene rings is 1. The van der Waals surface area contributed by atoms with Crippen molar-refractivity contribution in [1.82, 2.24) is 4.98 Å². The van der Waals surface area contributed by atoms with Gasteiger partial charge >= 0.3 is 5.63 Å². The maximum atomic E-state index is 12.5. The van der Waals surface area contributed by atoms with Crippen LogP contribution in [0.1, 0.15) is 29.7 Å². The molecule has 0 aliphatic heterocycles. The zero-order chi connectivity index (χ0) is 15.8. The summed E-state index contributed by atoms with van der Waals surface area (Å²) in [5, 5.41) is 0.693. The van der Waals surface area contributed by atoms with Gasteiger partial charge in [0.25, 0.3) is 0 Å². The van der Waals surface area contributed by atoms with Gasteiger partial charge in [-0.15, -0.1) is 11.3 Å². The van der Waals surface area contributed by atoms with Gasteiger partial charge in [0.1, 0.15) is 16.0 Å². The second kappa shape index (κ2) is 5.81. The third kappa shape index (κ3) is 2.55. The first kappa shape index (κ1) is 14.5. The monoisotopic (exact) mass is 327 g/mol. The van der Waals surface area contributed by atoms with Crippen molar-refractivity contribution in [3.63, 3.8) is 0 Å². The summed E-state index contributed by atoms with van der Waals surface area (Å²) < 4.78 is 10.8. The molecule has 0 amide bonds. The SMILES string of the molecule is COc1cccc(-c2nc3sc4c(c3c(=O)o2)CCCCC4)c1. The van der Waals surface area contributed by atoms with Gasteiger partial charge in [-0.2, -0.15) is 0 Å². The molecule has 23 heavy (non-hydrogen) atoms. The lowest BCUT2D eigenvalue weighted by molar-refractivity contribution is 0.414. The Morgan fingerprint density at radius 2 is 2.09 bits per heavy atom. The Balaban J connectivity index is 1.89. The summed E-state index contributed by atoms with van der Waals surface area (Å²) >= 11 is 1.64. The van der Waals surface area contributed by atoms with Crippen molar-refractivity contribution < 1.29 is 9.15 Å². The minimum absolute atomic E-state index is 0.271. The minimum atomic E-state index is -0.271. The zero-order valence-corrected chi connectivity index (χ0v) is 13.7. The van der Waals surface area contributed by atoms with E-state index in [9.17, 15) is 4.79 Å². The predicted octanol–water partition coefficient (Wildman–Crippen LogP) is 4.19. The predicted molar refractivity (Wildman–Crippen MR) is 91.4 cm³/mol. The smallest absolute Gasteiger partial charge is 0.348 e. The van der Waals surface area contributed by atoms with Gasteiger partial charge in [-0.1, -0.05) is 12.5 Å². The summed E-state index contributed by atoms with van der Waals surface area (Å²) in [6.45, 7) is 0. The second-order valence-electron chi connectivity index (χ2n) is 5.78. The molecule has 0 saturated heterocycles. The third-order valence-electron chi connectivity index (χ3n) is 4.32. The van der Waals surface area contributed by atoms with Crippen LogP contribution < -0.4 is 10.4 Å². The summed E-state index contributed by atoms with van der Waals surface area (Å²) in [5.41, 5.74) is 1.65. The average Bonchev–Trinajstić information content (AvgIpc) is 2.77. The first-order valence-electron chi connectivity index (χ1n) is 7.86. The number of thiophene rings is 1. The van der Waals surface area contributed by atoms with E-state index in [2.05, 4.69) is 4.98 Å². The van der Waals surface area contributed by atoms with Crippen molar-refractivity contribution in [2.75, 3.05) is 7.11 Å². The number of methoxy groups -OCH3 is 1. The van der Waals surface area contributed by atoms with E-state index >= 15 is 0 Å². The maximum Gasteiger partial charge on any atom is 0.348 e. The van der Waals surface area contributed by atoms with Crippen molar-refractivity contribution in [2.24, 2.45) is 0 Å². The lowest BCUT2D eigenvalue weighted by Crippen LogP contribution is -2.03. The highest BCUT2D eigenvalue weighted by Gasteiger charge is 2.20. The molecule has 0 unspecified atom stereocenters. The van der Waals surface area contributed by atoms with Crippen molar-refractivity contribution in [2.45, 2.75) is 32.1 Å². The van der Waals surface area contributed by atoms with E-state index in [1.54, 1.807) is 18.4 Å². The Kier molecular flexibility index (Phi) is 3.65. The Morgan fingerprint density at radius 3 is 2.96 bits per heavy atom. The van der Waals surface area contributed by atoms with Crippen LogP contribution in [-0.4, -0.2) is 12.1 Å². The Labute approximate surface area is 137 Å². The van der Waals surface area contributed by atoms with Crippen LogP contribution in [0.15, 0.2) is 33.5 Å². The van der Waals surface area contributed by atoms with E-state index in [1.165, 1.54) is 23.3 Å². The van der Waals surface area contributed by atoms with E-state index in [0.29, 0.717) is 17.0 Å². The molecule has 118 valence electrons. The number of rotatable bonds is 2. The second-order valence-corrected chi connectivity index (χ2v) is 6.87. The third-order valence-corrected chi connectivity index (χ3v) is 5.50. The molecule has 2 heterocycles. The number of ether oxygens (including phenoxy) is 1. The fourth-order valence-electron chi connectivity index (χ4n) is 3.15. The molecule has 0 spiro atoms. The Hall–Kier alpha value is -2.14. The van der Waals surface area contributed by atoms with Gasteiger partial charge in [0.15, 0.2) is 0 Å². The standard InChI is InChI=1S/C18H17NO3S/c1-21-12-7-5-6-11(10-12)16-19-17-15(18(20)22-16)13-8-3-2-4-9-14(13)23-17/h5-7,10H,2-4,8-9H2,1H3. The van der Waals surface area contributed by atoms with Crippen LogP contribution in [-0.2, 0) is 12.8 Å². The lowest BCUT2D eigenvalue weighted by atomic mass is 10.1. The molecule has 0 N–H and O–H groups in total. The minimum Gasteiger partial charge on any atom is -0.497 e. The largest absolute Gasteiger partial charge is 0.497 e. The highest BCUT2D eigenvalue weighted by atomic mass is 32.1. The van der Waals surface area contributed by atoms with E-state index in [4.69, 9.17) is 9.15 Å². The van der Waals surface area contributed by atoms with Crippen LogP contribution in [0.25, 0.3) is 21.7 Å². The van der Waals surface area contributed by atoms with E-state index < -0.39 is 0 Å². The quantitative estimate of drug-likeness (QED) is 0.662. The summed E-state index contributed by atoms with van der Waals surface area (Å²) in [7, 11) is 1.61. The van der Waals surface area contributed by atoms with Gasteiger partial charge in [-0.05, 0) is 49.4 Å². The van der Waals surface area contributed by atoms with E-state index in [-0.39, 0.29) is 5.63 Å². The molecule has 3 aromatic rings. The summed E-state index contributed by atoms with van der Waals surface area (Å²) in [6, 6.07) is 7.42. The van der Waals surface area contributed by atoms with E-state index in [0.717, 1.165) is 29.7 Å². The summed E-state index contributed by atoms with van der Waals surface area (Å²) in [5.74, 6) is 1.08. The molecule has 0 bridgehead atoms. The molecule has 1 aliphatic rings. The molecule has 4 rings (SSSR count). The molecule has 0 saturated carbocycles. The van der Waals surface area contributed by atoms with E-state index in [1.807, 2.05) is 24.3 Å². The molecule has 0 atom stereocenters. The van der Waals surface area contributed by atoms with Crippen molar-refractivity contribution in [3.05, 3.63) is 45.1 Å². The molecule has 1 aromatic carbocycles. The highest BCUT2D eigenvalue weighted by Crippen LogP contribution is 2.34. The fraction of sp³-hybridized carbons (Fsp3) is 0.333. The molecular formula is C18H17NO3S. The number of fused-ring (bicyclic) bond motifs is 3. The van der Waals surface area contributed by atoms with Crippen molar-refractivity contribution in [1.29, 1.82) is 0 Å². The van der Waals surface area contributed by atoms with Crippen LogP contribution in [0.3, 0.4) is 0 Å². The molecule has 1 aliphatic carbocycles. The number of aromatic nitrogens is 1. The normalized spacial score (nSPS) is 14.5. The molecule has 0 radical (unpaired) electrons. The van der Waals surface area contributed by atoms with Crippen molar-refractivity contribution in [3.8, 4) is 17.2 Å².